The standard InChI is InChI=1S/C26H27IN2O4/c1-33-26(32)23-21(16-7-9-17(27)10-8-16)15-18-11-12-22(23)28(18)13-4-14-29-24(30)19-5-2-3-6-20(19)25(29)31/h2-3,5-10,18,21-23H,4,11-15H2,1H3/t18?,21-,22?,23+/m1/s1. The molecule has 0 radical (unpaired) electrons. The van der Waals surface area contributed by atoms with Crippen molar-refractivity contribution in [1.29, 1.82) is 0 Å². The first-order valence-corrected chi connectivity index (χ1v) is 12.6. The van der Waals surface area contributed by atoms with Crippen LogP contribution >= 0.6 is 22.6 Å². The zero-order valence-electron chi connectivity index (χ0n) is 18.6. The third-order valence-corrected chi connectivity index (χ3v) is 8.23. The smallest absolute Gasteiger partial charge is 0.310 e. The van der Waals surface area contributed by atoms with Gasteiger partial charge in [-0.1, -0.05) is 24.3 Å². The summed E-state index contributed by atoms with van der Waals surface area (Å²) in [5, 5.41) is 0. The fourth-order valence-electron chi connectivity index (χ4n) is 6.03. The third-order valence-electron chi connectivity index (χ3n) is 7.51. The van der Waals surface area contributed by atoms with Gasteiger partial charge in [0.15, 0.2) is 0 Å². The highest BCUT2D eigenvalue weighted by atomic mass is 127. The Balaban J connectivity index is 1.29. The number of imide groups is 1. The molecular weight excluding hydrogens is 531 g/mol. The number of amides is 2. The van der Waals surface area contributed by atoms with Gasteiger partial charge < -0.3 is 4.74 Å². The molecule has 2 unspecified atom stereocenters. The number of piperidine rings is 1. The minimum Gasteiger partial charge on any atom is -0.469 e. The number of hydrogen-bond donors (Lipinski definition) is 0. The van der Waals surface area contributed by atoms with Crippen LogP contribution in [-0.2, 0) is 9.53 Å². The van der Waals surface area contributed by atoms with Gasteiger partial charge in [0.05, 0.1) is 24.2 Å². The van der Waals surface area contributed by atoms with Gasteiger partial charge >= 0.3 is 5.97 Å². The fraction of sp³-hybridized carbons (Fsp3) is 0.423. The molecule has 33 heavy (non-hydrogen) atoms. The fourth-order valence-corrected chi connectivity index (χ4v) is 6.38. The van der Waals surface area contributed by atoms with Gasteiger partial charge in [0, 0.05) is 34.7 Å². The van der Waals surface area contributed by atoms with E-state index in [4.69, 9.17) is 4.74 Å². The molecule has 2 amide bonds. The summed E-state index contributed by atoms with van der Waals surface area (Å²) in [4.78, 5) is 42.0. The molecule has 172 valence electrons. The van der Waals surface area contributed by atoms with Crippen LogP contribution in [0.25, 0.3) is 0 Å². The quantitative estimate of drug-likeness (QED) is 0.304. The Morgan fingerprint density at radius 1 is 1.00 bits per heavy atom. The highest BCUT2D eigenvalue weighted by Crippen LogP contribution is 2.47. The van der Waals surface area contributed by atoms with Crippen molar-refractivity contribution in [3.05, 3.63) is 68.8 Å². The molecule has 3 aliphatic heterocycles. The maximum atomic E-state index is 12.9. The van der Waals surface area contributed by atoms with Crippen LogP contribution in [0.15, 0.2) is 48.5 Å². The summed E-state index contributed by atoms with van der Waals surface area (Å²) < 4.78 is 6.43. The first kappa shape index (κ1) is 22.5. The van der Waals surface area contributed by atoms with Crippen LogP contribution in [0, 0.1) is 9.49 Å². The van der Waals surface area contributed by atoms with E-state index in [0.29, 0.717) is 30.1 Å². The molecule has 3 heterocycles. The van der Waals surface area contributed by atoms with E-state index < -0.39 is 0 Å². The van der Waals surface area contributed by atoms with E-state index in [1.54, 1.807) is 24.3 Å². The summed E-state index contributed by atoms with van der Waals surface area (Å²) in [5.41, 5.74) is 2.19. The molecule has 0 N–H and O–H groups in total. The number of rotatable bonds is 6. The van der Waals surface area contributed by atoms with Gasteiger partial charge in [0.1, 0.15) is 0 Å². The number of halogens is 1. The summed E-state index contributed by atoms with van der Waals surface area (Å²) in [7, 11) is 1.47. The summed E-state index contributed by atoms with van der Waals surface area (Å²) in [5.74, 6) is -0.603. The molecule has 2 saturated heterocycles. The molecule has 2 bridgehead atoms. The summed E-state index contributed by atoms with van der Waals surface area (Å²) in [6.45, 7) is 1.15. The number of hydrogen-bond acceptors (Lipinski definition) is 5. The normalized spacial score (nSPS) is 26.5. The lowest BCUT2D eigenvalue weighted by molar-refractivity contribution is -0.150. The van der Waals surface area contributed by atoms with Crippen molar-refractivity contribution in [3.63, 3.8) is 0 Å². The van der Waals surface area contributed by atoms with E-state index >= 15 is 0 Å². The van der Waals surface area contributed by atoms with Crippen LogP contribution < -0.4 is 0 Å². The SMILES string of the molecule is COC(=O)[C@@H]1C2CCC(C[C@@H]1c1ccc(I)cc1)N2CCCN1C(=O)c2ccccc2C1=O. The highest BCUT2D eigenvalue weighted by Gasteiger charge is 2.50. The molecule has 0 spiro atoms. The molecule has 2 aromatic rings. The van der Waals surface area contributed by atoms with Crippen molar-refractivity contribution >= 4 is 40.4 Å². The van der Waals surface area contributed by atoms with Crippen molar-refractivity contribution in [1.82, 2.24) is 9.80 Å². The average molecular weight is 558 g/mol. The second-order valence-corrected chi connectivity index (χ2v) is 10.4. The Hall–Kier alpha value is -2.26. The van der Waals surface area contributed by atoms with Crippen LogP contribution in [0.3, 0.4) is 0 Å². The molecule has 6 nitrogen and oxygen atoms in total. The van der Waals surface area contributed by atoms with E-state index in [-0.39, 0.29) is 35.7 Å². The molecule has 2 aromatic carbocycles. The molecule has 5 rings (SSSR count). The molecule has 4 atom stereocenters. The Kier molecular flexibility index (Phi) is 6.26. The second kappa shape index (κ2) is 9.18. The molecular formula is C26H27IN2O4. The number of carbonyl (C=O) groups is 3. The Bertz CT molecular complexity index is 1050. The van der Waals surface area contributed by atoms with Crippen LogP contribution in [-0.4, -0.2) is 59.9 Å². The van der Waals surface area contributed by atoms with Crippen LogP contribution in [0.2, 0.25) is 0 Å². The van der Waals surface area contributed by atoms with Crippen molar-refractivity contribution in [2.45, 2.75) is 43.7 Å². The van der Waals surface area contributed by atoms with Crippen LogP contribution in [0.4, 0.5) is 0 Å². The van der Waals surface area contributed by atoms with Gasteiger partial charge in [-0.2, -0.15) is 0 Å². The maximum Gasteiger partial charge on any atom is 0.310 e. The molecule has 2 fully saturated rings. The number of methoxy groups -OCH3 is 1. The molecule has 0 saturated carbocycles. The summed E-state index contributed by atoms with van der Waals surface area (Å²) in [6, 6.07) is 16.0. The predicted molar refractivity (Wildman–Crippen MR) is 132 cm³/mol. The van der Waals surface area contributed by atoms with Gasteiger partial charge in [0.25, 0.3) is 11.8 Å². The minimum absolute atomic E-state index is 0.127. The van der Waals surface area contributed by atoms with Crippen molar-refractivity contribution in [2.24, 2.45) is 5.92 Å². The van der Waals surface area contributed by atoms with Gasteiger partial charge in [-0.3, -0.25) is 24.2 Å². The molecule has 3 aliphatic rings. The average Bonchev–Trinajstić information content (AvgIpc) is 3.24. The van der Waals surface area contributed by atoms with E-state index in [2.05, 4.69) is 51.8 Å². The van der Waals surface area contributed by atoms with E-state index in [1.807, 2.05) is 0 Å². The number of benzene rings is 2. The lowest BCUT2D eigenvalue weighted by Gasteiger charge is -2.43. The monoisotopic (exact) mass is 558 g/mol. The molecule has 0 aliphatic carbocycles. The molecule has 0 aromatic heterocycles. The first-order valence-electron chi connectivity index (χ1n) is 11.5. The number of nitrogens with zero attached hydrogens (tertiary/aromatic N) is 2. The van der Waals surface area contributed by atoms with E-state index in [9.17, 15) is 14.4 Å². The minimum atomic E-state index is -0.205. The topological polar surface area (TPSA) is 66.9 Å². The maximum absolute atomic E-state index is 12.9. The van der Waals surface area contributed by atoms with E-state index in [1.165, 1.54) is 21.1 Å². The van der Waals surface area contributed by atoms with Gasteiger partial charge in [0.2, 0.25) is 0 Å². The Morgan fingerprint density at radius 2 is 1.67 bits per heavy atom. The Morgan fingerprint density at radius 3 is 2.30 bits per heavy atom. The molecule has 7 heteroatoms. The predicted octanol–water partition coefficient (Wildman–Crippen LogP) is 4.09. The van der Waals surface area contributed by atoms with E-state index in [0.717, 1.165) is 25.8 Å². The largest absolute Gasteiger partial charge is 0.469 e. The van der Waals surface area contributed by atoms with Crippen molar-refractivity contribution in [3.8, 4) is 0 Å². The van der Waals surface area contributed by atoms with Crippen LogP contribution in [0.5, 0.6) is 0 Å². The second-order valence-electron chi connectivity index (χ2n) is 9.14. The highest BCUT2D eigenvalue weighted by molar-refractivity contribution is 14.1. The zero-order chi connectivity index (χ0) is 23.1. The van der Waals surface area contributed by atoms with Crippen molar-refractivity contribution < 1.29 is 19.1 Å². The van der Waals surface area contributed by atoms with Crippen molar-refractivity contribution in [2.75, 3.05) is 20.2 Å². The van der Waals surface area contributed by atoms with Gasteiger partial charge in [-0.05, 0) is 78.1 Å². The lowest BCUT2D eigenvalue weighted by atomic mass is 9.76. The summed E-state index contributed by atoms with van der Waals surface area (Å²) in [6.07, 6.45) is 3.65. The number of ether oxygens (including phenoxy) is 1. The Labute approximate surface area is 207 Å². The zero-order valence-corrected chi connectivity index (χ0v) is 20.7. The lowest BCUT2D eigenvalue weighted by Crippen LogP contribution is -2.51. The number of esters is 1. The summed E-state index contributed by atoms with van der Waals surface area (Å²) >= 11 is 2.30. The van der Waals surface area contributed by atoms with Gasteiger partial charge in [-0.25, -0.2) is 0 Å². The third kappa shape index (κ3) is 3.99. The van der Waals surface area contributed by atoms with Crippen LogP contribution in [0.1, 0.15) is 57.9 Å². The number of carbonyl (C=O) groups excluding carboxylic acids is 3. The number of fused-ring (bicyclic) bond motifs is 3. The van der Waals surface area contributed by atoms with Gasteiger partial charge in [-0.15, -0.1) is 0 Å². The first-order chi connectivity index (χ1) is 16.0.